The van der Waals surface area contributed by atoms with Crippen molar-refractivity contribution in [2.45, 2.75) is 310 Å². The van der Waals surface area contributed by atoms with Gasteiger partial charge < -0.3 is 14.2 Å². The van der Waals surface area contributed by atoms with Crippen molar-refractivity contribution in [2.75, 3.05) is 13.2 Å². The fraction of sp³-hybridized carbons (Fsp3) is 0.945. The van der Waals surface area contributed by atoms with Crippen LogP contribution in [0.4, 0.5) is 0 Å². The Hall–Kier alpha value is -1.59. The molecule has 6 nitrogen and oxygen atoms in total. The molecule has 0 unspecified atom stereocenters. The highest BCUT2D eigenvalue weighted by atomic mass is 16.6. The second-order valence-electron chi connectivity index (χ2n) is 19.8. The van der Waals surface area contributed by atoms with Crippen LogP contribution in [0.2, 0.25) is 0 Å². The smallest absolute Gasteiger partial charge is 0.306 e. The van der Waals surface area contributed by atoms with Crippen LogP contribution in [0.5, 0.6) is 0 Å². The van der Waals surface area contributed by atoms with Gasteiger partial charge in [0.25, 0.3) is 0 Å². The van der Waals surface area contributed by atoms with Crippen molar-refractivity contribution in [1.82, 2.24) is 0 Å². The zero-order chi connectivity index (χ0) is 44.7. The van der Waals surface area contributed by atoms with Crippen molar-refractivity contribution in [3.05, 3.63) is 0 Å². The molecule has 0 aliphatic carbocycles. The van der Waals surface area contributed by atoms with Gasteiger partial charge in [0.2, 0.25) is 0 Å². The third-order valence-electron chi connectivity index (χ3n) is 12.5. The van der Waals surface area contributed by atoms with E-state index in [1.165, 1.54) is 193 Å². The van der Waals surface area contributed by atoms with E-state index >= 15 is 0 Å². The van der Waals surface area contributed by atoms with Crippen LogP contribution >= 0.6 is 0 Å². The molecule has 0 N–H and O–H groups in total. The van der Waals surface area contributed by atoms with Gasteiger partial charge in [-0.15, -0.1) is 0 Å². The normalized spacial score (nSPS) is 12.0. The summed E-state index contributed by atoms with van der Waals surface area (Å²) in [6.07, 6.45) is 49.5. The average molecular weight is 863 g/mol. The minimum absolute atomic E-state index is 0.0639. The first-order chi connectivity index (χ1) is 29.7. The van der Waals surface area contributed by atoms with Crippen molar-refractivity contribution in [1.29, 1.82) is 0 Å². The number of esters is 3. The topological polar surface area (TPSA) is 78.9 Å². The molecule has 0 saturated carbocycles. The van der Waals surface area contributed by atoms with Gasteiger partial charge in [-0.1, -0.05) is 266 Å². The number of unbranched alkanes of at least 4 members (excludes halogenated alkanes) is 34. The summed E-state index contributed by atoms with van der Waals surface area (Å²) in [5, 5.41) is 0. The fourth-order valence-corrected chi connectivity index (χ4v) is 8.34. The molecule has 61 heavy (non-hydrogen) atoms. The number of rotatable bonds is 49. The molecule has 0 amide bonds. The van der Waals surface area contributed by atoms with E-state index in [1.54, 1.807) is 0 Å². The third kappa shape index (κ3) is 49.3. The van der Waals surface area contributed by atoms with E-state index in [1.807, 2.05) is 0 Å². The second kappa shape index (κ2) is 47.9. The molecule has 0 aromatic carbocycles. The molecule has 0 aromatic rings. The monoisotopic (exact) mass is 863 g/mol. The van der Waals surface area contributed by atoms with Crippen molar-refractivity contribution in [2.24, 2.45) is 11.8 Å². The molecule has 6 heteroatoms. The van der Waals surface area contributed by atoms with Gasteiger partial charge in [0.1, 0.15) is 13.2 Å². The first-order valence-electron chi connectivity index (χ1n) is 27.2. The highest BCUT2D eigenvalue weighted by molar-refractivity contribution is 5.71. The number of carbonyl (C=O) groups is 3. The van der Waals surface area contributed by atoms with Crippen molar-refractivity contribution < 1.29 is 28.6 Å². The predicted molar refractivity (Wildman–Crippen MR) is 261 cm³/mol. The van der Waals surface area contributed by atoms with E-state index in [4.69, 9.17) is 14.2 Å². The Morgan fingerprint density at radius 1 is 0.311 bits per heavy atom. The summed E-state index contributed by atoms with van der Waals surface area (Å²) in [4.78, 5) is 38.0. The van der Waals surface area contributed by atoms with Crippen LogP contribution in [0.3, 0.4) is 0 Å². The van der Waals surface area contributed by atoms with Crippen LogP contribution in [0, 0.1) is 11.8 Å². The summed E-state index contributed by atoms with van der Waals surface area (Å²) in [5.41, 5.74) is 0. The Morgan fingerprint density at radius 2 is 0.541 bits per heavy atom. The molecular formula is C55H106O6. The molecule has 0 fully saturated rings. The van der Waals surface area contributed by atoms with Crippen LogP contribution in [-0.2, 0) is 28.6 Å². The third-order valence-corrected chi connectivity index (χ3v) is 12.5. The van der Waals surface area contributed by atoms with E-state index in [2.05, 4.69) is 34.6 Å². The fourth-order valence-electron chi connectivity index (χ4n) is 8.34. The lowest BCUT2D eigenvalue weighted by Gasteiger charge is -2.18. The highest BCUT2D eigenvalue weighted by Gasteiger charge is 2.19. The van der Waals surface area contributed by atoms with Gasteiger partial charge in [-0.25, -0.2) is 0 Å². The van der Waals surface area contributed by atoms with E-state index in [0.29, 0.717) is 19.3 Å². The van der Waals surface area contributed by atoms with Gasteiger partial charge in [0.05, 0.1) is 0 Å². The Kier molecular flexibility index (Phi) is 46.6. The molecule has 0 aliphatic rings. The van der Waals surface area contributed by atoms with Gasteiger partial charge in [0.15, 0.2) is 6.10 Å². The Bertz CT molecular complexity index is 931. The molecule has 0 rings (SSSR count). The summed E-state index contributed by atoms with van der Waals surface area (Å²) >= 11 is 0. The summed E-state index contributed by atoms with van der Waals surface area (Å²) in [6, 6.07) is 0. The number of hydrogen-bond acceptors (Lipinski definition) is 6. The standard InChI is InChI=1S/C55H106O6/c1-6-7-8-9-10-11-12-13-14-15-16-17-18-21-25-32-37-42-47-55(58)61-52(49-60-54(57)46-41-36-31-27-26-29-34-39-44-51(4)5)48-59-53(56)45-40-35-30-24-22-19-20-23-28-33-38-43-50(2)3/h50-52H,6-49H2,1-5H3/t52-/m0/s1. The Balaban J connectivity index is 4.28. The van der Waals surface area contributed by atoms with Crippen molar-refractivity contribution in [3.63, 3.8) is 0 Å². The first kappa shape index (κ1) is 59.4. The van der Waals surface area contributed by atoms with Crippen molar-refractivity contribution >= 4 is 17.9 Å². The lowest BCUT2D eigenvalue weighted by Crippen LogP contribution is -2.30. The van der Waals surface area contributed by atoms with Crippen molar-refractivity contribution in [3.8, 4) is 0 Å². The van der Waals surface area contributed by atoms with Crippen LogP contribution in [0.25, 0.3) is 0 Å². The maximum absolute atomic E-state index is 12.8. The van der Waals surface area contributed by atoms with Gasteiger partial charge in [-0.05, 0) is 31.1 Å². The molecule has 1 atom stereocenters. The van der Waals surface area contributed by atoms with E-state index in [-0.39, 0.29) is 31.1 Å². The first-order valence-corrected chi connectivity index (χ1v) is 27.2. The van der Waals surface area contributed by atoms with Gasteiger partial charge >= 0.3 is 17.9 Å². The van der Waals surface area contributed by atoms with E-state index in [0.717, 1.165) is 69.6 Å². The Morgan fingerprint density at radius 3 is 0.803 bits per heavy atom. The summed E-state index contributed by atoms with van der Waals surface area (Å²) in [7, 11) is 0. The molecule has 0 radical (unpaired) electrons. The molecule has 0 spiro atoms. The maximum Gasteiger partial charge on any atom is 0.306 e. The maximum atomic E-state index is 12.8. The van der Waals surface area contributed by atoms with Crippen LogP contribution < -0.4 is 0 Å². The second-order valence-corrected chi connectivity index (χ2v) is 19.8. The molecule has 0 bridgehead atoms. The SMILES string of the molecule is CCCCCCCCCCCCCCCCCCCCC(=O)O[C@@H](COC(=O)CCCCCCCCCCCCCC(C)C)COC(=O)CCCCCCCCCCC(C)C. The minimum atomic E-state index is -0.762. The highest BCUT2D eigenvalue weighted by Crippen LogP contribution is 2.18. The van der Waals surface area contributed by atoms with Crippen LogP contribution in [0.1, 0.15) is 304 Å². The largest absolute Gasteiger partial charge is 0.462 e. The summed E-state index contributed by atoms with van der Waals surface area (Å²) in [5.74, 6) is 0.776. The zero-order valence-corrected chi connectivity index (χ0v) is 41.8. The number of carbonyl (C=O) groups excluding carboxylic acids is 3. The van der Waals surface area contributed by atoms with Gasteiger partial charge in [-0.3, -0.25) is 14.4 Å². The predicted octanol–water partition coefficient (Wildman–Crippen LogP) is 17.7. The zero-order valence-electron chi connectivity index (χ0n) is 41.8. The molecule has 0 aliphatic heterocycles. The number of hydrogen-bond donors (Lipinski definition) is 0. The van der Waals surface area contributed by atoms with Gasteiger partial charge in [-0.2, -0.15) is 0 Å². The lowest BCUT2D eigenvalue weighted by molar-refractivity contribution is -0.167. The molecule has 362 valence electrons. The summed E-state index contributed by atoms with van der Waals surface area (Å²) in [6.45, 7) is 11.4. The van der Waals surface area contributed by atoms with E-state index in [9.17, 15) is 14.4 Å². The molecule has 0 saturated heterocycles. The minimum Gasteiger partial charge on any atom is -0.462 e. The van der Waals surface area contributed by atoms with E-state index < -0.39 is 6.10 Å². The number of ether oxygens (including phenoxy) is 3. The molecular weight excluding hydrogens is 757 g/mol. The summed E-state index contributed by atoms with van der Waals surface area (Å²) < 4.78 is 16.8. The molecule has 0 heterocycles. The Labute approximate surface area is 380 Å². The lowest BCUT2D eigenvalue weighted by atomic mass is 10.0. The average Bonchev–Trinajstić information content (AvgIpc) is 3.23. The van der Waals surface area contributed by atoms with Crippen LogP contribution in [-0.4, -0.2) is 37.2 Å². The quantitative estimate of drug-likeness (QED) is 0.0344. The van der Waals surface area contributed by atoms with Gasteiger partial charge in [0, 0.05) is 19.3 Å². The molecule has 0 aromatic heterocycles. The van der Waals surface area contributed by atoms with Crippen LogP contribution in [0.15, 0.2) is 0 Å².